The summed E-state index contributed by atoms with van der Waals surface area (Å²) in [6.07, 6.45) is 44.4. The fourth-order valence-electron chi connectivity index (χ4n) is 13.6. The molecule has 0 amide bonds. The Hall–Kier alpha value is -6.50. The Morgan fingerprint density at radius 1 is 0.508 bits per heavy atom. The monoisotopic (exact) mass is 836 g/mol. The van der Waals surface area contributed by atoms with Gasteiger partial charge in [-0.2, -0.15) is 0 Å². The molecular weight excluding hydrogens is 781 g/mol. The molecule has 65 heavy (non-hydrogen) atoms. The van der Waals surface area contributed by atoms with Crippen LogP contribution in [0.1, 0.15) is 81.0 Å². The Kier molecular flexibility index (Phi) is 9.17. The highest BCUT2D eigenvalue weighted by Crippen LogP contribution is 2.53. The highest BCUT2D eigenvalue weighted by molar-refractivity contribution is 5.89. The van der Waals surface area contributed by atoms with Crippen molar-refractivity contribution in [2.75, 3.05) is 0 Å². The molecule has 13 rings (SSSR count). The van der Waals surface area contributed by atoms with Crippen LogP contribution < -0.4 is 20.9 Å². The van der Waals surface area contributed by atoms with Crippen LogP contribution >= 0.6 is 0 Å². The molecule has 316 valence electrons. The van der Waals surface area contributed by atoms with Crippen molar-refractivity contribution in [1.29, 1.82) is 0 Å². The van der Waals surface area contributed by atoms with Crippen LogP contribution in [0.4, 0.5) is 0 Å². The number of benzene rings is 4. The van der Waals surface area contributed by atoms with Gasteiger partial charge in [0.25, 0.3) is 0 Å². The molecular formula is C65H56. The van der Waals surface area contributed by atoms with Gasteiger partial charge < -0.3 is 0 Å². The minimum absolute atomic E-state index is 0.00223. The molecule has 9 aliphatic carbocycles. The van der Waals surface area contributed by atoms with Gasteiger partial charge in [0, 0.05) is 29.1 Å². The highest BCUT2D eigenvalue weighted by Gasteiger charge is 2.40. The van der Waals surface area contributed by atoms with Crippen molar-refractivity contribution < 1.29 is 0 Å². The second-order valence-corrected chi connectivity index (χ2v) is 20.2. The van der Waals surface area contributed by atoms with Crippen LogP contribution in [0.15, 0.2) is 222 Å². The van der Waals surface area contributed by atoms with Crippen molar-refractivity contribution in [3.63, 3.8) is 0 Å². The molecule has 4 aromatic rings. The van der Waals surface area contributed by atoms with Crippen LogP contribution in [-0.2, 0) is 5.41 Å². The predicted molar refractivity (Wildman–Crippen MR) is 272 cm³/mol. The zero-order valence-electron chi connectivity index (χ0n) is 37.7. The fourth-order valence-corrected chi connectivity index (χ4v) is 13.6. The van der Waals surface area contributed by atoms with E-state index in [-0.39, 0.29) is 29.1 Å². The van der Waals surface area contributed by atoms with E-state index in [2.05, 4.69) is 202 Å². The largest absolute Gasteiger partial charge is 0.0842 e. The molecule has 0 N–H and O–H groups in total. The molecule has 0 nitrogen and oxygen atoms in total. The molecule has 0 fully saturated rings. The van der Waals surface area contributed by atoms with Gasteiger partial charge in [-0.25, -0.2) is 0 Å². The van der Waals surface area contributed by atoms with Gasteiger partial charge in [0.2, 0.25) is 0 Å². The summed E-state index contributed by atoms with van der Waals surface area (Å²) in [5, 5.41) is 5.57. The second kappa shape index (κ2) is 15.3. The van der Waals surface area contributed by atoms with E-state index < -0.39 is 0 Å². The zero-order chi connectivity index (χ0) is 43.2. The van der Waals surface area contributed by atoms with Crippen molar-refractivity contribution in [2.45, 2.75) is 64.2 Å². The summed E-state index contributed by atoms with van der Waals surface area (Å²) in [7, 11) is 0. The lowest BCUT2D eigenvalue weighted by molar-refractivity contribution is 0.563. The Morgan fingerprint density at radius 3 is 1.75 bits per heavy atom. The highest BCUT2D eigenvalue weighted by atomic mass is 14.4. The topological polar surface area (TPSA) is 0 Å². The van der Waals surface area contributed by atoms with E-state index in [1.54, 1.807) is 5.57 Å². The van der Waals surface area contributed by atoms with Crippen LogP contribution in [0.5, 0.6) is 0 Å². The average molecular weight is 837 g/mol. The molecule has 9 aliphatic rings. The molecule has 0 saturated carbocycles. The maximum atomic E-state index is 2.61. The minimum Gasteiger partial charge on any atom is -0.0842 e. The summed E-state index contributed by atoms with van der Waals surface area (Å²) in [5.41, 5.74) is 22.0. The van der Waals surface area contributed by atoms with Gasteiger partial charge in [0.1, 0.15) is 0 Å². The number of rotatable bonds is 5. The smallest absolute Gasteiger partial charge is 0.0155 e. The predicted octanol–water partition coefficient (Wildman–Crippen LogP) is 12.5. The molecule has 0 saturated heterocycles. The molecule has 0 heteroatoms. The van der Waals surface area contributed by atoms with E-state index in [1.165, 1.54) is 112 Å². The Balaban J connectivity index is 0.958. The van der Waals surface area contributed by atoms with Gasteiger partial charge in [-0.15, -0.1) is 0 Å². The lowest BCUT2D eigenvalue weighted by atomic mass is 9.67. The molecule has 5 unspecified atom stereocenters. The maximum Gasteiger partial charge on any atom is 0.0155 e. The summed E-state index contributed by atoms with van der Waals surface area (Å²) in [4.78, 5) is 0. The second-order valence-electron chi connectivity index (χ2n) is 20.2. The lowest BCUT2D eigenvalue weighted by Gasteiger charge is -2.36. The summed E-state index contributed by atoms with van der Waals surface area (Å²) in [6.45, 7) is 4.85. The first-order valence-corrected chi connectivity index (χ1v) is 24.5. The van der Waals surface area contributed by atoms with E-state index in [1.807, 2.05) is 0 Å². The summed E-state index contributed by atoms with van der Waals surface area (Å²) in [6, 6.07) is 37.5. The number of allylic oxidation sites excluding steroid dienone is 22. The van der Waals surface area contributed by atoms with Gasteiger partial charge in [0.15, 0.2) is 0 Å². The number of hydrogen-bond acceptors (Lipinski definition) is 0. The zero-order valence-corrected chi connectivity index (χ0v) is 37.7. The molecule has 0 spiro atoms. The SMILES string of the molecule is CC1(C)C2=C(CCC(C3=c4ccccc4=C(c4ccc(C5=c6ccccc6=C(C6=C(C7=CCC8CCC=CC8=C7)C=CCC6)C6C=CC=CC56)cc4)C4C=CC=CC34)=C2)c2ccccc21. The van der Waals surface area contributed by atoms with Gasteiger partial charge in [0.05, 0.1) is 0 Å². The molecule has 5 atom stereocenters. The van der Waals surface area contributed by atoms with Crippen LogP contribution in [0.3, 0.4) is 0 Å². The van der Waals surface area contributed by atoms with E-state index in [0.29, 0.717) is 5.92 Å². The normalized spacial score (nSPS) is 26.4. The minimum atomic E-state index is 0.00223. The van der Waals surface area contributed by atoms with Gasteiger partial charge in [-0.05, 0) is 155 Å². The first kappa shape index (κ1) is 38.9. The van der Waals surface area contributed by atoms with E-state index >= 15 is 0 Å². The summed E-state index contributed by atoms with van der Waals surface area (Å²) >= 11 is 0. The van der Waals surface area contributed by atoms with Crippen molar-refractivity contribution in [3.05, 3.63) is 265 Å². The standard InChI is InChI=1S/C65H56/c1-65(2)59-30-16-15-20-48(59)49-38-37-46(40-60(49)65)63-53-24-9-7-22-51(53)61(52-23-8-10-25-54(52)63)42-32-34-43(35-33-42)62-55-26-11-13-28-57(55)64(58-29-14-12-27-56(58)62)50-21-6-5-19-47(50)45-36-31-41-17-3-4-18-44(41)39-45/h4-5,7-16,18-20,22-30,32-36,39-41,51,53,55,57H,3,6,17,21,31,37-38H2,1-2H3. The van der Waals surface area contributed by atoms with Gasteiger partial charge >= 0.3 is 0 Å². The van der Waals surface area contributed by atoms with Crippen molar-refractivity contribution in [2.24, 2.45) is 29.6 Å². The Labute approximate surface area is 384 Å². The molecule has 0 aliphatic heterocycles. The van der Waals surface area contributed by atoms with Crippen molar-refractivity contribution >= 4 is 27.9 Å². The quantitative estimate of drug-likeness (QED) is 0.188. The third kappa shape index (κ3) is 6.09. The summed E-state index contributed by atoms with van der Waals surface area (Å²) < 4.78 is 0. The van der Waals surface area contributed by atoms with E-state index in [9.17, 15) is 0 Å². The average Bonchev–Trinajstić information content (AvgIpc) is 3.59. The number of hydrogen-bond donors (Lipinski definition) is 0. The van der Waals surface area contributed by atoms with Crippen LogP contribution in [-0.4, -0.2) is 0 Å². The van der Waals surface area contributed by atoms with Crippen molar-refractivity contribution in [3.8, 4) is 0 Å². The van der Waals surface area contributed by atoms with Crippen LogP contribution in [0.25, 0.3) is 27.9 Å². The fraction of sp³-hybridized carbons (Fsp3) is 0.231. The van der Waals surface area contributed by atoms with E-state index in [4.69, 9.17) is 0 Å². The maximum absolute atomic E-state index is 2.61. The molecule has 0 radical (unpaired) electrons. The number of fused-ring (bicyclic) bond motifs is 7. The molecule has 0 bridgehead atoms. The molecule has 0 heterocycles. The van der Waals surface area contributed by atoms with Crippen molar-refractivity contribution in [1.82, 2.24) is 0 Å². The Bertz CT molecular complexity index is 3360. The van der Waals surface area contributed by atoms with Gasteiger partial charge in [-0.1, -0.05) is 202 Å². The lowest BCUT2D eigenvalue weighted by Crippen LogP contribution is -2.41. The Morgan fingerprint density at radius 2 is 1.08 bits per heavy atom. The van der Waals surface area contributed by atoms with Crippen LogP contribution in [0, 0.1) is 29.6 Å². The third-order valence-electron chi connectivity index (χ3n) is 16.6. The first-order valence-electron chi connectivity index (χ1n) is 24.5. The summed E-state index contributed by atoms with van der Waals surface area (Å²) in [5.74, 6) is 1.76. The first-order chi connectivity index (χ1) is 32.0. The third-order valence-corrected chi connectivity index (χ3v) is 16.6. The molecule has 0 aromatic heterocycles. The van der Waals surface area contributed by atoms with E-state index in [0.717, 1.165) is 32.1 Å². The van der Waals surface area contributed by atoms with Crippen LogP contribution in [0.2, 0.25) is 0 Å². The molecule has 4 aromatic carbocycles. The van der Waals surface area contributed by atoms with Gasteiger partial charge in [-0.3, -0.25) is 0 Å².